The molecule has 0 bridgehead atoms. The van der Waals surface area contributed by atoms with E-state index in [-0.39, 0.29) is 0 Å². The molecule has 0 unspecified atom stereocenters. The van der Waals surface area contributed by atoms with Crippen LogP contribution in [0.4, 0.5) is 0 Å². The van der Waals surface area contributed by atoms with Crippen molar-refractivity contribution < 1.29 is 9.90 Å². The highest BCUT2D eigenvalue weighted by molar-refractivity contribution is 5.72. The van der Waals surface area contributed by atoms with Gasteiger partial charge in [-0.1, -0.05) is 13.8 Å². The van der Waals surface area contributed by atoms with Crippen molar-refractivity contribution in [2.24, 2.45) is 11.7 Å². The van der Waals surface area contributed by atoms with Gasteiger partial charge in [0.2, 0.25) is 0 Å². The minimum Gasteiger partial charge on any atom is -0.480 e. The van der Waals surface area contributed by atoms with Crippen LogP contribution in [0.25, 0.3) is 0 Å². The normalized spacial score (nSPS) is 13.8. The van der Waals surface area contributed by atoms with Gasteiger partial charge >= 0.3 is 5.97 Å². The second-order valence-corrected chi connectivity index (χ2v) is 2.57. The van der Waals surface area contributed by atoms with E-state index in [1.54, 1.807) is 0 Å². The van der Waals surface area contributed by atoms with E-state index in [0.717, 1.165) is 0 Å². The van der Waals surface area contributed by atoms with E-state index in [1.807, 2.05) is 13.8 Å². The number of hydrogen-bond acceptors (Lipinski definition) is 2. The molecule has 54 valence electrons. The summed E-state index contributed by atoms with van der Waals surface area (Å²) in [5.41, 5.74) is 5.22. The standard InChI is InChI=1S/C6H13NO2/c1-4(2)3-5(7)6(8)9/h4-5H,3,7H2,1-2H3,(H,8,9)/t5-/m0/s1/i8+2,9+2. The summed E-state index contributed by atoms with van der Waals surface area (Å²) in [4.78, 5) is 10.1. The first-order valence-corrected chi connectivity index (χ1v) is 3.02. The maximum atomic E-state index is 10.1. The lowest BCUT2D eigenvalue weighted by Gasteiger charge is -2.07. The molecule has 0 aromatic rings. The van der Waals surface area contributed by atoms with Crippen LogP contribution in [0, 0.1) is 5.92 Å². The van der Waals surface area contributed by atoms with Crippen LogP contribution in [0.5, 0.6) is 0 Å². The second kappa shape index (κ2) is 3.45. The predicted molar refractivity (Wildman–Crippen MR) is 35.1 cm³/mol. The highest BCUT2D eigenvalue weighted by Gasteiger charge is 2.11. The fourth-order valence-corrected chi connectivity index (χ4v) is 0.609. The van der Waals surface area contributed by atoms with E-state index < -0.39 is 12.0 Å². The van der Waals surface area contributed by atoms with Crippen LogP contribution in [0.2, 0.25) is 0 Å². The lowest BCUT2D eigenvalue weighted by Crippen LogP contribution is -2.31. The Morgan fingerprint density at radius 2 is 2.11 bits per heavy atom. The third kappa shape index (κ3) is 3.97. The van der Waals surface area contributed by atoms with Crippen molar-refractivity contribution in [3.8, 4) is 0 Å². The average molecular weight is 135 g/mol. The zero-order valence-electron chi connectivity index (χ0n) is 5.79. The zero-order chi connectivity index (χ0) is 7.44. The van der Waals surface area contributed by atoms with E-state index in [1.165, 1.54) is 0 Å². The maximum Gasteiger partial charge on any atom is 0.320 e. The third-order valence-corrected chi connectivity index (χ3v) is 1.04. The van der Waals surface area contributed by atoms with Gasteiger partial charge in [0.1, 0.15) is 6.04 Å². The summed E-state index contributed by atoms with van der Waals surface area (Å²) < 4.78 is 0. The lowest BCUT2D eigenvalue weighted by atomic mass is 10.1. The van der Waals surface area contributed by atoms with Crippen LogP contribution in [-0.2, 0) is 4.79 Å². The predicted octanol–water partition coefficient (Wildman–Crippen LogP) is 0.444. The number of carboxylic acids is 1. The van der Waals surface area contributed by atoms with Gasteiger partial charge in [0.15, 0.2) is 0 Å². The summed E-state index contributed by atoms with van der Waals surface area (Å²) in [5.74, 6) is -0.556. The lowest BCUT2D eigenvalue weighted by molar-refractivity contribution is -0.138. The van der Waals surface area contributed by atoms with Gasteiger partial charge in [0.25, 0.3) is 0 Å². The van der Waals surface area contributed by atoms with Crippen molar-refractivity contribution in [3.05, 3.63) is 0 Å². The van der Waals surface area contributed by atoms with Gasteiger partial charge in [-0.3, -0.25) is 4.79 Å². The Morgan fingerprint density at radius 3 is 2.22 bits per heavy atom. The molecule has 0 radical (unpaired) electrons. The highest BCUT2D eigenvalue weighted by atomic mass is 18.2. The molecule has 3 nitrogen and oxygen atoms in total. The molecular formula is C6H13NO2. The summed E-state index contributed by atoms with van der Waals surface area (Å²) in [7, 11) is 0. The van der Waals surface area contributed by atoms with Crippen molar-refractivity contribution in [1.29, 1.82) is 0 Å². The Kier molecular flexibility index (Phi) is 3.24. The van der Waals surface area contributed by atoms with Crippen LogP contribution in [0.1, 0.15) is 20.3 Å². The fourth-order valence-electron chi connectivity index (χ4n) is 0.609. The maximum absolute atomic E-state index is 10.1. The first-order chi connectivity index (χ1) is 4.04. The Bertz CT molecular complexity index is 101. The molecule has 0 saturated carbocycles. The van der Waals surface area contributed by atoms with Gasteiger partial charge in [0, 0.05) is 0 Å². The smallest absolute Gasteiger partial charge is 0.320 e. The minimum atomic E-state index is -0.913. The summed E-state index contributed by atoms with van der Waals surface area (Å²) in [5, 5.41) is 8.31. The molecule has 0 amide bonds. The van der Waals surface area contributed by atoms with E-state index >= 15 is 0 Å². The molecule has 3 N–H and O–H groups in total. The quantitative estimate of drug-likeness (QED) is 0.552. The number of carboxylic acid groups (broad SMARTS) is 1. The number of rotatable bonds is 3. The van der Waals surface area contributed by atoms with Crippen molar-refractivity contribution >= 4 is 5.97 Å². The molecule has 0 aromatic carbocycles. The molecule has 0 spiro atoms. The van der Waals surface area contributed by atoms with E-state index in [9.17, 15) is 4.79 Å². The Labute approximate surface area is 54.9 Å². The van der Waals surface area contributed by atoms with Crippen molar-refractivity contribution in [1.82, 2.24) is 0 Å². The third-order valence-electron chi connectivity index (χ3n) is 1.04. The van der Waals surface area contributed by atoms with Gasteiger partial charge in [-0.25, -0.2) is 0 Å². The van der Waals surface area contributed by atoms with Crippen LogP contribution in [-0.4, -0.2) is 17.1 Å². The summed E-state index contributed by atoms with van der Waals surface area (Å²) in [6, 6.07) is -0.690. The largest absolute Gasteiger partial charge is 0.480 e. The van der Waals surface area contributed by atoms with Gasteiger partial charge in [0.05, 0.1) is 0 Å². The van der Waals surface area contributed by atoms with Crippen LogP contribution >= 0.6 is 0 Å². The molecule has 0 aliphatic carbocycles. The molecule has 0 heterocycles. The van der Waals surface area contributed by atoms with Gasteiger partial charge in [-0.2, -0.15) is 0 Å². The number of carbonyl (C=O) groups is 1. The molecule has 1 atom stereocenters. The van der Waals surface area contributed by atoms with Crippen LogP contribution in [0.3, 0.4) is 0 Å². The monoisotopic (exact) mass is 135 g/mol. The SMILES string of the molecule is CC(C)C[C@H](N)C(=[18O])[18OH]. The molecule has 0 saturated heterocycles. The number of hydrogen-bond donors (Lipinski definition) is 2. The van der Waals surface area contributed by atoms with Gasteiger partial charge in [-0.15, -0.1) is 0 Å². The Morgan fingerprint density at radius 1 is 1.67 bits per heavy atom. The molecule has 3 heteroatoms. The highest BCUT2D eigenvalue weighted by Crippen LogP contribution is 2.01. The number of nitrogens with two attached hydrogens (primary N) is 1. The fraction of sp³-hybridized carbons (Fsp3) is 0.833. The summed E-state index contributed by atoms with van der Waals surface area (Å²) in [6.45, 7) is 3.89. The van der Waals surface area contributed by atoms with Gasteiger partial charge < -0.3 is 10.8 Å². The average Bonchev–Trinajstić information content (AvgIpc) is 1.63. The van der Waals surface area contributed by atoms with Crippen LogP contribution < -0.4 is 5.73 Å². The van der Waals surface area contributed by atoms with E-state index in [4.69, 9.17) is 10.8 Å². The summed E-state index contributed by atoms with van der Waals surface area (Å²) >= 11 is 0. The van der Waals surface area contributed by atoms with Crippen molar-refractivity contribution in [3.63, 3.8) is 0 Å². The van der Waals surface area contributed by atoms with Crippen molar-refractivity contribution in [2.45, 2.75) is 26.3 Å². The molecule has 0 rings (SSSR count). The molecule has 9 heavy (non-hydrogen) atoms. The molecule has 0 fully saturated rings. The Hall–Kier alpha value is -0.570. The zero-order valence-corrected chi connectivity index (χ0v) is 5.79. The van der Waals surface area contributed by atoms with Crippen molar-refractivity contribution in [2.75, 3.05) is 0 Å². The Balaban J connectivity index is 3.50. The van der Waals surface area contributed by atoms with Crippen LogP contribution in [0.15, 0.2) is 0 Å². The molecular weight excluding hydrogens is 122 g/mol. The van der Waals surface area contributed by atoms with E-state index in [2.05, 4.69) is 0 Å². The topological polar surface area (TPSA) is 63.3 Å². The minimum absolute atomic E-state index is 0.357. The first kappa shape index (κ1) is 8.43. The number of aliphatic carboxylic acids is 1. The second-order valence-electron chi connectivity index (χ2n) is 2.57. The van der Waals surface area contributed by atoms with Gasteiger partial charge in [-0.05, 0) is 12.3 Å². The molecule has 0 aromatic heterocycles. The first-order valence-electron chi connectivity index (χ1n) is 3.02. The van der Waals surface area contributed by atoms with E-state index in [0.29, 0.717) is 12.3 Å². The summed E-state index contributed by atoms with van der Waals surface area (Å²) in [6.07, 6.45) is 0.551. The molecule has 0 aliphatic heterocycles. The molecule has 0 aliphatic rings.